The third kappa shape index (κ3) is 3.48. The fraction of sp³-hybridized carbons (Fsp3) is 0.320. The first-order valence-corrected chi connectivity index (χ1v) is 10.9. The van der Waals surface area contributed by atoms with Gasteiger partial charge in [0.25, 0.3) is 11.5 Å². The number of hydrogen-bond donors (Lipinski definition) is 0. The van der Waals surface area contributed by atoms with Crippen LogP contribution in [0, 0.1) is 6.92 Å². The van der Waals surface area contributed by atoms with Gasteiger partial charge in [-0.3, -0.25) is 14.0 Å². The highest BCUT2D eigenvalue weighted by atomic mass is 16.5. The topological polar surface area (TPSA) is 68.8 Å². The van der Waals surface area contributed by atoms with Crippen molar-refractivity contribution in [2.45, 2.75) is 39.5 Å². The second-order valence-corrected chi connectivity index (χ2v) is 8.61. The highest BCUT2D eigenvalue weighted by Crippen LogP contribution is 2.22. The normalized spacial score (nSPS) is 19.0. The summed E-state index contributed by atoms with van der Waals surface area (Å²) in [4.78, 5) is 33.6. The number of rotatable bonds is 3. The minimum absolute atomic E-state index is 0.0383. The van der Waals surface area contributed by atoms with Crippen molar-refractivity contribution in [3.8, 4) is 0 Å². The largest absolute Gasteiger partial charge is 0.372 e. The molecule has 4 aromatic rings. The Morgan fingerprint density at radius 3 is 2.50 bits per heavy atom. The fourth-order valence-electron chi connectivity index (χ4n) is 4.57. The Hall–Kier alpha value is -3.45. The Morgan fingerprint density at radius 2 is 1.78 bits per heavy atom. The maximum absolute atomic E-state index is 13.7. The van der Waals surface area contributed by atoms with E-state index in [2.05, 4.69) is 0 Å². The Labute approximate surface area is 185 Å². The summed E-state index contributed by atoms with van der Waals surface area (Å²) in [5, 5.41) is 0.446. The number of pyridine rings is 1. The second kappa shape index (κ2) is 7.91. The van der Waals surface area contributed by atoms with Crippen molar-refractivity contribution in [2.75, 3.05) is 13.1 Å². The maximum atomic E-state index is 13.7. The van der Waals surface area contributed by atoms with Crippen molar-refractivity contribution < 1.29 is 9.53 Å². The summed E-state index contributed by atoms with van der Waals surface area (Å²) >= 11 is 0. The molecule has 0 radical (unpaired) electrons. The number of aromatic nitrogens is 3. The Kier molecular flexibility index (Phi) is 5.06. The second-order valence-electron chi connectivity index (χ2n) is 8.61. The van der Waals surface area contributed by atoms with Crippen molar-refractivity contribution in [1.82, 2.24) is 18.9 Å². The van der Waals surface area contributed by atoms with Crippen LogP contribution in [0.4, 0.5) is 0 Å². The number of hydrogen-bond acceptors (Lipinski definition) is 4. The molecular weight excluding hydrogens is 404 g/mol. The smallest absolute Gasteiger partial charge is 0.270 e. The lowest BCUT2D eigenvalue weighted by Gasteiger charge is -2.35. The van der Waals surface area contributed by atoms with E-state index in [1.165, 1.54) is 0 Å². The lowest BCUT2D eigenvalue weighted by atomic mass is 10.2. The molecule has 0 bridgehead atoms. The molecule has 1 saturated heterocycles. The molecule has 1 aliphatic heterocycles. The number of morpholine rings is 1. The van der Waals surface area contributed by atoms with Crippen LogP contribution < -0.4 is 5.56 Å². The van der Waals surface area contributed by atoms with Crippen LogP contribution in [0.15, 0.2) is 59.5 Å². The van der Waals surface area contributed by atoms with E-state index in [1.54, 1.807) is 16.7 Å². The number of carbonyl (C=O) groups excluding carboxylic acids is 1. The Morgan fingerprint density at radius 1 is 1.06 bits per heavy atom. The lowest BCUT2D eigenvalue weighted by Crippen LogP contribution is -2.48. The van der Waals surface area contributed by atoms with Crippen LogP contribution in [0.3, 0.4) is 0 Å². The highest BCUT2D eigenvalue weighted by molar-refractivity contribution is 5.98. The fourth-order valence-corrected chi connectivity index (χ4v) is 4.57. The Bertz CT molecular complexity index is 1360. The third-order valence-electron chi connectivity index (χ3n) is 6.00. The van der Waals surface area contributed by atoms with Crippen LogP contribution in [-0.4, -0.2) is 50.1 Å². The molecule has 5 rings (SSSR count). The van der Waals surface area contributed by atoms with Crippen LogP contribution in [0.5, 0.6) is 0 Å². The molecule has 7 heteroatoms. The summed E-state index contributed by atoms with van der Waals surface area (Å²) in [7, 11) is 0. The first-order chi connectivity index (χ1) is 15.4. The molecule has 1 amide bonds. The van der Waals surface area contributed by atoms with Crippen molar-refractivity contribution in [1.29, 1.82) is 0 Å². The predicted molar refractivity (Wildman–Crippen MR) is 123 cm³/mol. The van der Waals surface area contributed by atoms with E-state index in [1.807, 2.05) is 72.7 Å². The van der Waals surface area contributed by atoms with E-state index in [4.69, 9.17) is 9.72 Å². The quantitative estimate of drug-likeness (QED) is 0.500. The number of amides is 1. The summed E-state index contributed by atoms with van der Waals surface area (Å²) < 4.78 is 9.24. The zero-order valence-corrected chi connectivity index (χ0v) is 18.5. The van der Waals surface area contributed by atoms with Gasteiger partial charge >= 0.3 is 0 Å². The average Bonchev–Trinajstić information content (AvgIpc) is 3.13. The van der Waals surface area contributed by atoms with Crippen LogP contribution in [0.2, 0.25) is 0 Å². The molecule has 0 N–H and O–H groups in total. The van der Waals surface area contributed by atoms with Crippen LogP contribution >= 0.6 is 0 Å². The number of carbonyl (C=O) groups is 1. The SMILES string of the molecule is Cc1cccn2c(=O)c3cc(C(=O)N4C[C@@H](C)O[C@@H](C)C4)n(Cc4ccccc4)c3nc12. The van der Waals surface area contributed by atoms with Crippen molar-refractivity contribution in [3.05, 3.63) is 81.9 Å². The van der Waals surface area contributed by atoms with E-state index < -0.39 is 0 Å². The van der Waals surface area contributed by atoms with Crippen LogP contribution in [0.25, 0.3) is 16.7 Å². The molecule has 2 atom stereocenters. The van der Waals surface area contributed by atoms with Gasteiger partial charge in [0.05, 0.1) is 17.6 Å². The van der Waals surface area contributed by atoms with Crippen LogP contribution in [0.1, 0.15) is 35.5 Å². The number of benzene rings is 1. The van der Waals surface area contributed by atoms with E-state index in [9.17, 15) is 9.59 Å². The van der Waals surface area contributed by atoms with Crippen molar-refractivity contribution in [2.24, 2.45) is 0 Å². The molecule has 7 nitrogen and oxygen atoms in total. The maximum Gasteiger partial charge on any atom is 0.270 e. The van der Waals surface area contributed by atoms with Gasteiger partial charge in [0, 0.05) is 25.8 Å². The molecule has 0 spiro atoms. The third-order valence-corrected chi connectivity index (χ3v) is 6.00. The highest BCUT2D eigenvalue weighted by Gasteiger charge is 2.30. The van der Waals surface area contributed by atoms with Gasteiger partial charge in [-0.05, 0) is 44.0 Å². The molecule has 0 saturated carbocycles. The molecule has 1 fully saturated rings. The minimum atomic E-state index is -0.168. The molecule has 0 unspecified atom stereocenters. The van der Waals surface area contributed by atoms with Crippen LogP contribution in [-0.2, 0) is 11.3 Å². The van der Waals surface area contributed by atoms with Gasteiger partial charge in [-0.15, -0.1) is 0 Å². The zero-order chi connectivity index (χ0) is 22.4. The summed E-state index contributed by atoms with van der Waals surface area (Å²) in [6.07, 6.45) is 1.64. The standard InChI is InChI=1S/C25H26N4O3/c1-16-8-7-11-28-22(16)26-23-20(24(28)30)12-21(29(23)15-19-9-5-4-6-10-19)25(31)27-13-17(2)32-18(3)14-27/h4-12,17-18H,13-15H2,1-3H3/t17-,18+. The summed E-state index contributed by atoms with van der Waals surface area (Å²) in [5.41, 5.74) is 3.38. The molecule has 1 aromatic carbocycles. The number of ether oxygens (including phenoxy) is 1. The van der Waals surface area contributed by atoms with Gasteiger partial charge in [0.15, 0.2) is 0 Å². The minimum Gasteiger partial charge on any atom is -0.372 e. The molecule has 4 heterocycles. The number of nitrogens with zero attached hydrogens (tertiary/aromatic N) is 4. The first kappa shape index (κ1) is 20.5. The van der Waals surface area contributed by atoms with Gasteiger partial charge in [-0.25, -0.2) is 4.98 Å². The zero-order valence-electron chi connectivity index (χ0n) is 18.5. The van der Waals surface area contributed by atoms with Crippen molar-refractivity contribution in [3.63, 3.8) is 0 Å². The molecule has 3 aromatic heterocycles. The van der Waals surface area contributed by atoms with Gasteiger partial charge in [0.1, 0.15) is 17.0 Å². The Balaban J connectivity index is 1.72. The number of fused-ring (bicyclic) bond motifs is 2. The van der Waals surface area contributed by atoms with Gasteiger partial charge in [-0.1, -0.05) is 36.4 Å². The van der Waals surface area contributed by atoms with Gasteiger partial charge in [-0.2, -0.15) is 0 Å². The van der Waals surface area contributed by atoms with Gasteiger partial charge in [0.2, 0.25) is 0 Å². The van der Waals surface area contributed by atoms with E-state index >= 15 is 0 Å². The predicted octanol–water partition coefficient (Wildman–Crippen LogP) is 3.26. The molecule has 32 heavy (non-hydrogen) atoms. The monoisotopic (exact) mass is 430 g/mol. The summed E-state index contributed by atoms with van der Waals surface area (Å²) in [6, 6.07) is 15.4. The average molecular weight is 431 g/mol. The van der Waals surface area contributed by atoms with Gasteiger partial charge < -0.3 is 14.2 Å². The summed E-state index contributed by atoms with van der Waals surface area (Å²) in [5.74, 6) is -0.105. The van der Waals surface area contributed by atoms with Crippen molar-refractivity contribution >= 4 is 22.6 Å². The number of aryl methyl sites for hydroxylation is 1. The molecular formula is C25H26N4O3. The first-order valence-electron chi connectivity index (χ1n) is 10.9. The van der Waals surface area contributed by atoms with E-state index in [0.29, 0.717) is 42.0 Å². The molecule has 164 valence electrons. The molecule has 1 aliphatic rings. The van der Waals surface area contributed by atoms with E-state index in [0.717, 1.165) is 11.1 Å². The summed E-state index contributed by atoms with van der Waals surface area (Å²) in [6.45, 7) is 7.36. The lowest BCUT2D eigenvalue weighted by molar-refractivity contribution is -0.0588. The van der Waals surface area contributed by atoms with E-state index in [-0.39, 0.29) is 23.7 Å². The molecule has 0 aliphatic carbocycles.